The molecule has 2 aromatic rings. The molecule has 0 bridgehead atoms. The van der Waals surface area contributed by atoms with Crippen molar-refractivity contribution in [2.75, 3.05) is 0 Å². The second-order valence-corrected chi connectivity index (χ2v) is 5.83. The maximum atomic E-state index is 10.9. The molecule has 1 aromatic heterocycles. The molecule has 1 aromatic carbocycles. The van der Waals surface area contributed by atoms with Gasteiger partial charge in [-0.25, -0.2) is 4.98 Å². The first-order valence-electron chi connectivity index (χ1n) is 6.20. The minimum absolute atomic E-state index is 0.216. The molecule has 0 fully saturated rings. The van der Waals surface area contributed by atoms with Crippen molar-refractivity contribution < 1.29 is 4.79 Å². The van der Waals surface area contributed by atoms with Crippen molar-refractivity contribution in [1.82, 2.24) is 4.98 Å². The fourth-order valence-corrected chi connectivity index (χ4v) is 2.95. The van der Waals surface area contributed by atoms with Gasteiger partial charge in [0.25, 0.3) is 0 Å². The van der Waals surface area contributed by atoms with Gasteiger partial charge in [-0.1, -0.05) is 0 Å². The molecule has 4 heteroatoms. The summed E-state index contributed by atoms with van der Waals surface area (Å²) in [4.78, 5) is 15.4. The van der Waals surface area contributed by atoms with E-state index in [9.17, 15) is 4.79 Å². The Kier molecular flexibility index (Phi) is 3.71. The number of rotatable bonds is 3. The summed E-state index contributed by atoms with van der Waals surface area (Å²) in [6, 6.07) is 2.17. The van der Waals surface area contributed by atoms with Gasteiger partial charge in [-0.3, -0.25) is 4.79 Å². The minimum atomic E-state index is -0.339. The van der Waals surface area contributed by atoms with Gasteiger partial charge in [0.05, 0.1) is 12.1 Å². The average molecular weight is 274 g/mol. The predicted octanol–water partition coefficient (Wildman–Crippen LogP) is 3.07. The summed E-state index contributed by atoms with van der Waals surface area (Å²) in [7, 11) is 0. The van der Waals surface area contributed by atoms with Gasteiger partial charge in [-0.15, -0.1) is 11.3 Å². The summed E-state index contributed by atoms with van der Waals surface area (Å²) in [6.07, 6.45) is 0.216. The van der Waals surface area contributed by atoms with E-state index >= 15 is 0 Å². The zero-order valence-electron chi connectivity index (χ0n) is 11.7. The number of aromatic nitrogens is 1. The summed E-state index contributed by atoms with van der Waals surface area (Å²) >= 11 is 1.49. The van der Waals surface area contributed by atoms with Crippen molar-refractivity contribution in [2.24, 2.45) is 5.73 Å². The molecule has 3 nitrogen and oxygen atoms in total. The lowest BCUT2D eigenvalue weighted by Gasteiger charge is -2.12. The first-order valence-corrected chi connectivity index (χ1v) is 7.08. The maximum Gasteiger partial charge on any atom is 0.224 e. The van der Waals surface area contributed by atoms with Crippen molar-refractivity contribution in [3.05, 3.63) is 38.7 Å². The Morgan fingerprint density at radius 1 is 1.21 bits per heavy atom. The third-order valence-corrected chi connectivity index (χ3v) is 4.48. The highest BCUT2D eigenvalue weighted by Gasteiger charge is 2.12. The van der Waals surface area contributed by atoms with Crippen LogP contribution in [-0.2, 0) is 11.2 Å². The number of amides is 1. The summed E-state index contributed by atoms with van der Waals surface area (Å²) < 4.78 is 0. The van der Waals surface area contributed by atoms with Gasteiger partial charge in [0.1, 0.15) is 5.01 Å². The molecule has 0 radical (unpaired) electrons. The van der Waals surface area contributed by atoms with Crippen LogP contribution in [0.2, 0.25) is 0 Å². The third-order valence-electron chi connectivity index (χ3n) is 3.63. The molecule has 1 amide bonds. The molecule has 100 valence electrons. The van der Waals surface area contributed by atoms with E-state index in [1.54, 1.807) is 0 Å². The Balaban J connectivity index is 2.47. The largest absolute Gasteiger partial charge is 0.369 e. The van der Waals surface area contributed by atoms with Gasteiger partial charge in [0.2, 0.25) is 5.91 Å². The monoisotopic (exact) mass is 274 g/mol. The zero-order valence-corrected chi connectivity index (χ0v) is 12.5. The van der Waals surface area contributed by atoms with Crippen molar-refractivity contribution >= 4 is 17.2 Å². The zero-order chi connectivity index (χ0) is 14.2. The van der Waals surface area contributed by atoms with E-state index in [4.69, 9.17) is 5.73 Å². The molecule has 2 N–H and O–H groups in total. The molecule has 0 saturated carbocycles. The fourth-order valence-electron chi connectivity index (χ4n) is 2.14. The highest BCUT2D eigenvalue weighted by atomic mass is 32.1. The third kappa shape index (κ3) is 2.68. The normalized spacial score (nSPS) is 10.7. The van der Waals surface area contributed by atoms with Crippen LogP contribution in [0, 0.1) is 27.7 Å². The average Bonchev–Trinajstić information content (AvgIpc) is 2.78. The molecule has 0 aliphatic rings. The van der Waals surface area contributed by atoms with Gasteiger partial charge in [0, 0.05) is 10.9 Å². The lowest BCUT2D eigenvalue weighted by Crippen LogP contribution is -2.13. The Morgan fingerprint density at radius 2 is 1.89 bits per heavy atom. The molecule has 19 heavy (non-hydrogen) atoms. The van der Waals surface area contributed by atoms with E-state index in [-0.39, 0.29) is 12.3 Å². The van der Waals surface area contributed by atoms with Crippen LogP contribution in [0.15, 0.2) is 11.4 Å². The van der Waals surface area contributed by atoms with Crippen LogP contribution in [0.3, 0.4) is 0 Å². The number of thiazole rings is 1. The van der Waals surface area contributed by atoms with Crippen LogP contribution in [0.1, 0.15) is 27.3 Å². The van der Waals surface area contributed by atoms with E-state index in [1.807, 2.05) is 5.38 Å². The van der Waals surface area contributed by atoms with Crippen molar-refractivity contribution in [2.45, 2.75) is 34.1 Å². The van der Waals surface area contributed by atoms with E-state index < -0.39 is 0 Å². The maximum absolute atomic E-state index is 10.9. The number of primary amides is 1. The van der Waals surface area contributed by atoms with Crippen LogP contribution in [0.5, 0.6) is 0 Å². The van der Waals surface area contributed by atoms with Crippen molar-refractivity contribution in [3.8, 4) is 11.3 Å². The second-order valence-electron chi connectivity index (χ2n) is 4.89. The Bertz CT molecular complexity index is 644. The predicted molar refractivity (Wildman–Crippen MR) is 79.4 cm³/mol. The van der Waals surface area contributed by atoms with Gasteiger partial charge >= 0.3 is 0 Å². The van der Waals surface area contributed by atoms with Crippen LogP contribution in [-0.4, -0.2) is 10.9 Å². The molecule has 1 heterocycles. The summed E-state index contributed by atoms with van der Waals surface area (Å²) in [5, 5.41) is 2.77. The summed E-state index contributed by atoms with van der Waals surface area (Å²) in [5.74, 6) is -0.339. The van der Waals surface area contributed by atoms with E-state index in [2.05, 4.69) is 38.7 Å². The lowest BCUT2D eigenvalue weighted by atomic mass is 9.93. The Labute approximate surface area is 117 Å². The lowest BCUT2D eigenvalue weighted by molar-refractivity contribution is -0.117. The molecule has 0 aliphatic heterocycles. The number of carbonyl (C=O) groups is 1. The molecular weight excluding hydrogens is 256 g/mol. The number of carbonyl (C=O) groups excluding carboxylic acids is 1. The first-order chi connectivity index (χ1) is 8.90. The molecule has 0 saturated heterocycles. The van der Waals surface area contributed by atoms with Crippen molar-refractivity contribution in [3.63, 3.8) is 0 Å². The topological polar surface area (TPSA) is 56.0 Å². The first kappa shape index (κ1) is 13.7. The van der Waals surface area contributed by atoms with Gasteiger partial charge in [-0.2, -0.15) is 0 Å². The Morgan fingerprint density at radius 3 is 2.53 bits per heavy atom. The number of hydrogen-bond acceptors (Lipinski definition) is 3. The standard InChI is InChI=1S/C15H18N2OS/c1-8-5-12(11(4)10(3)9(8)2)13-7-19-15(17-13)6-14(16)18/h5,7H,6H2,1-4H3,(H2,16,18). The number of benzene rings is 1. The highest BCUT2D eigenvalue weighted by Crippen LogP contribution is 2.30. The number of aryl methyl sites for hydroxylation is 1. The number of nitrogens with zero attached hydrogens (tertiary/aromatic N) is 1. The minimum Gasteiger partial charge on any atom is -0.369 e. The van der Waals surface area contributed by atoms with E-state index in [1.165, 1.54) is 33.6 Å². The molecular formula is C15H18N2OS. The number of nitrogens with two attached hydrogens (primary N) is 1. The SMILES string of the molecule is Cc1cc(-c2csc(CC(N)=O)n2)c(C)c(C)c1C. The summed E-state index contributed by atoms with van der Waals surface area (Å²) in [5.41, 5.74) is 12.4. The molecule has 0 unspecified atom stereocenters. The van der Waals surface area contributed by atoms with Crippen LogP contribution in [0.4, 0.5) is 0 Å². The molecule has 2 rings (SSSR count). The van der Waals surface area contributed by atoms with E-state index in [0.29, 0.717) is 0 Å². The summed E-state index contributed by atoms with van der Waals surface area (Å²) in [6.45, 7) is 8.51. The Hall–Kier alpha value is -1.68. The van der Waals surface area contributed by atoms with Gasteiger partial charge < -0.3 is 5.73 Å². The van der Waals surface area contributed by atoms with Gasteiger partial charge in [-0.05, 0) is 56.0 Å². The molecule has 0 aliphatic carbocycles. The molecule has 0 atom stereocenters. The highest BCUT2D eigenvalue weighted by molar-refractivity contribution is 7.10. The molecule has 0 spiro atoms. The quantitative estimate of drug-likeness (QED) is 0.935. The van der Waals surface area contributed by atoms with E-state index in [0.717, 1.165) is 16.3 Å². The van der Waals surface area contributed by atoms with Crippen molar-refractivity contribution in [1.29, 1.82) is 0 Å². The van der Waals surface area contributed by atoms with Crippen LogP contribution in [0.25, 0.3) is 11.3 Å². The number of hydrogen-bond donors (Lipinski definition) is 1. The van der Waals surface area contributed by atoms with Crippen LogP contribution < -0.4 is 5.73 Å². The van der Waals surface area contributed by atoms with Gasteiger partial charge in [0.15, 0.2) is 0 Å². The van der Waals surface area contributed by atoms with Crippen LogP contribution >= 0.6 is 11.3 Å². The second kappa shape index (κ2) is 5.13. The fraction of sp³-hybridized carbons (Fsp3) is 0.333. The smallest absolute Gasteiger partial charge is 0.224 e.